The molecule has 1 fully saturated rings. The second-order valence-corrected chi connectivity index (χ2v) is 7.16. The zero-order valence-corrected chi connectivity index (χ0v) is 15.8. The Morgan fingerprint density at radius 2 is 1.62 bits per heavy atom. The van der Waals surface area contributed by atoms with E-state index in [4.69, 9.17) is 0 Å². The first-order valence-electron chi connectivity index (χ1n) is 9.55. The number of rotatable bonds is 5. The smallest absolute Gasteiger partial charge is 0.317 e. The van der Waals surface area contributed by atoms with Crippen LogP contribution < -0.4 is 10.2 Å². The molecule has 4 nitrogen and oxygen atoms in total. The molecule has 0 saturated carbocycles. The summed E-state index contributed by atoms with van der Waals surface area (Å²) in [6.07, 6.45) is 0.869. The Morgan fingerprint density at radius 3 is 2.31 bits per heavy atom. The number of para-hydroxylation sites is 1. The Hall–Kier alpha value is -2.49. The van der Waals surface area contributed by atoms with Crippen LogP contribution in [0.5, 0.6) is 0 Å². The molecule has 0 aliphatic carbocycles. The predicted molar refractivity (Wildman–Crippen MR) is 108 cm³/mol. The van der Waals surface area contributed by atoms with Crippen LogP contribution in [0.3, 0.4) is 0 Å². The number of piperazine rings is 1. The van der Waals surface area contributed by atoms with Crippen LogP contribution in [0.1, 0.15) is 30.9 Å². The normalized spacial score (nSPS) is 14.6. The molecule has 1 saturated heterocycles. The average Bonchev–Trinajstić information content (AvgIpc) is 2.69. The lowest BCUT2D eigenvalue weighted by Gasteiger charge is -2.37. The van der Waals surface area contributed by atoms with Crippen LogP contribution in [-0.4, -0.2) is 43.7 Å². The Balaban J connectivity index is 1.48. The van der Waals surface area contributed by atoms with Gasteiger partial charge in [0.2, 0.25) is 0 Å². The van der Waals surface area contributed by atoms with Crippen molar-refractivity contribution in [1.82, 2.24) is 10.2 Å². The Kier molecular flexibility index (Phi) is 6.16. The van der Waals surface area contributed by atoms with Gasteiger partial charge >= 0.3 is 6.03 Å². The largest absolute Gasteiger partial charge is 0.368 e. The first-order valence-corrected chi connectivity index (χ1v) is 9.55. The number of nitrogens with zero attached hydrogens (tertiary/aromatic N) is 2. The molecule has 2 aromatic carbocycles. The summed E-state index contributed by atoms with van der Waals surface area (Å²) in [5.41, 5.74) is 3.95. The maximum absolute atomic E-state index is 12.4. The number of hydrogen-bond donors (Lipinski definition) is 1. The highest BCUT2D eigenvalue weighted by Gasteiger charge is 2.22. The van der Waals surface area contributed by atoms with Gasteiger partial charge in [-0.05, 0) is 29.5 Å². The molecule has 2 amide bonds. The minimum atomic E-state index is 0.0534. The third kappa shape index (κ3) is 4.57. The van der Waals surface area contributed by atoms with Gasteiger partial charge in [-0.15, -0.1) is 0 Å². The highest BCUT2D eigenvalue weighted by atomic mass is 16.2. The molecule has 0 bridgehead atoms. The number of nitrogens with one attached hydrogen (secondary N) is 1. The van der Waals surface area contributed by atoms with Gasteiger partial charge in [-0.25, -0.2) is 4.79 Å². The number of hydrogen-bond acceptors (Lipinski definition) is 2. The molecule has 4 heteroatoms. The van der Waals surface area contributed by atoms with Crippen LogP contribution in [0.25, 0.3) is 0 Å². The first kappa shape index (κ1) is 18.3. The minimum Gasteiger partial charge on any atom is -0.368 e. The topological polar surface area (TPSA) is 35.6 Å². The van der Waals surface area contributed by atoms with Crippen molar-refractivity contribution in [2.45, 2.75) is 26.2 Å². The maximum Gasteiger partial charge on any atom is 0.317 e. The van der Waals surface area contributed by atoms with E-state index in [2.05, 4.69) is 60.5 Å². The maximum atomic E-state index is 12.4. The van der Waals surface area contributed by atoms with Gasteiger partial charge < -0.3 is 15.1 Å². The third-order valence-corrected chi connectivity index (χ3v) is 5.00. The lowest BCUT2D eigenvalue weighted by molar-refractivity contribution is 0.194. The predicted octanol–water partition coefficient (Wildman–Crippen LogP) is 3.88. The molecule has 1 N–H and O–H groups in total. The van der Waals surface area contributed by atoms with Gasteiger partial charge in [0.15, 0.2) is 0 Å². The van der Waals surface area contributed by atoms with E-state index in [-0.39, 0.29) is 6.03 Å². The highest BCUT2D eigenvalue weighted by Crippen LogP contribution is 2.28. The van der Waals surface area contributed by atoms with E-state index < -0.39 is 0 Å². The first-order chi connectivity index (χ1) is 12.6. The van der Waals surface area contributed by atoms with Crippen molar-refractivity contribution < 1.29 is 4.79 Å². The molecule has 0 spiro atoms. The van der Waals surface area contributed by atoms with E-state index in [1.165, 1.54) is 16.8 Å². The van der Waals surface area contributed by atoms with Crippen molar-refractivity contribution in [3.05, 3.63) is 65.7 Å². The number of benzene rings is 2. The molecular formula is C22H29N3O. The summed E-state index contributed by atoms with van der Waals surface area (Å²) in [4.78, 5) is 16.7. The molecule has 26 heavy (non-hydrogen) atoms. The lowest BCUT2D eigenvalue weighted by atomic mass is 10.00. The molecule has 0 aromatic heterocycles. The van der Waals surface area contributed by atoms with E-state index in [0.717, 1.165) is 32.6 Å². The van der Waals surface area contributed by atoms with Crippen molar-refractivity contribution in [2.24, 2.45) is 0 Å². The number of carbonyl (C=O) groups excluding carboxylic acids is 1. The van der Waals surface area contributed by atoms with E-state index in [1.807, 2.05) is 23.1 Å². The van der Waals surface area contributed by atoms with Crippen LogP contribution >= 0.6 is 0 Å². The molecule has 1 aliphatic rings. The zero-order valence-electron chi connectivity index (χ0n) is 15.8. The Labute approximate surface area is 156 Å². The molecule has 138 valence electrons. The van der Waals surface area contributed by atoms with Gasteiger partial charge in [0.25, 0.3) is 0 Å². The summed E-state index contributed by atoms with van der Waals surface area (Å²) in [6, 6.07) is 18.9. The van der Waals surface area contributed by atoms with Crippen LogP contribution in [0, 0.1) is 0 Å². The van der Waals surface area contributed by atoms with E-state index in [1.54, 1.807) is 0 Å². The monoisotopic (exact) mass is 351 g/mol. The van der Waals surface area contributed by atoms with Crippen molar-refractivity contribution in [3.63, 3.8) is 0 Å². The quantitative estimate of drug-likeness (QED) is 0.887. The Bertz CT molecular complexity index is 706. The van der Waals surface area contributed by atoms with Gasteiger partial charge in [0, 0.05) is 38.4 Å². The summed E-state index contributed by atoms with van der Waals surface area (Å²) in [7, 11) is 0. The van der Waals surface area contributed by atoms with Crippen LogP contribution in [0.15, 0.2) is 54.6 Å². The van der Waals surface area contributed by atoms with Gasteiger partial charge in [0.05, 0.1) is 0 Å². The van der Waals surface area contributed by atoms with E-state index in [0.29, 0.717) is 12.5 Å². The second-order valence-electron chi connectivity index (χ2n) is 7.16. The molecule has 1 heterocycles. The summed E-state index contributed by atoms with van der Waals surface area (Å²) >= 11 is 0. The molecule has 1 aliphatic heterocycles. The van der Waals surface area contributed by atoms with E-state index >= 15 is 0 Å². The summed E-state index contributed by atoms with van der Waals surface area (Å²) < 4.78 is 0. The van der Waals surface area contributed by atoms with Crippen molar-refractivity contribution >= 4 is 11.7 Å². The van der Waals surface area contributed by atoms with Crippen LogP contribution in [0.4, 0.5) is 10.5 Å². The molecule has 0 radical (unpaired) electrons. The van der Waals surface area contributed by atoms with Gasteiger partial charge in [-0.1, -0.05) is 62.4 Å². The number of carbonyl (C=O) groups is 1. The molecule has 0 unspecified atom stereocenters. The van der Waals surface area contributed by atoms with E-state index in [9.17, 15) is 4.79 Å². The molecule has 2 aromatic rings. The fourth-order valence-corrected chi connectivity index (χ4v) is 3.48. The van der Waals surface area contributed by atoms with Crippen LogP contribution in [0.2, 0.25) is 0 Å². The van der Waals surface area contributed by atoms with Gasteiger partial charge in [0.1, 0.15) is 0 Å². The summed E-state index contributed by atoms with van der Waals surface area (Å²) in [5.74, 6) is 0.505. The van der Waals surface area contributed by atoms with Crippen LogP contribution in [-0.2, 0) is 6.42 Å². The van der Waals surface area contributed by atoms with Gasteiger partial charge in [-0.2, -0.15) is 0 Å². The lowest BCUT2D eigenvalue weighted by Crippen LogP contribution is -2.52. The average molecular weight is 351 g/mol. The van der Waals surface area contributed by atoms with Gasteiger partial charge in [-0.3, -0.25) is 0 Å². The fraction of sp³-hybridized carbons (Fsp3) is 0.409. The number of urea groups is 1. The minimum absolute atomic E-state index is 0.0534. The SMILES string of the molecule is CC(C)c1ccccc1N1CCN(C(=O)NCCc2ccccc2)CC1. The third-order valence-electron chi connectivity index (χ3n) is 5.00. The van der Waals surface area contributed by atoms with Crippen molar-refractivity contribution in [2.75, 3.05) is 37.6 Å². The van der Waals surface area contributed by atoms with Crippen molar-refractivity contribution in [3.8, 4) is 0 Å². The highest BCUT2D eigenvalue weighted by molar-refractivity contribution is 5.74. The fourth-order valence-electron chi connectivity index (χ4n) is 3.48. The second kappa shape index (κ2) is 8.75. The number of anilines is 1. The summed E-state index contributed by atoms with van der Waals surface area (Å²) in [6.45, 7) is 8.45. The van der Waals surface area contributed by atoms with Crippen molar-refractivity contribution in [1.29, 1.82) is 0 Å². The molecule has 0 atom stereocenters. The number of amides is 2. The summed E-state index contributed by atoms with van der Waals surface area (Å²) in [5, 5.41) is 3.05. The molecular weight excluding hydrogens is 322 g/mol. The Morgan fingerprint density at radius 1 is 0.962 bits per heavy atom. The standard InChI is InChI=1S/C22H29N3O/c1-18(2)20-10-6-7-11-21(20)24-14-16-25(17-15-24)22(26)23-13-12-19-8-4-3-5-9-19/h3-11,18H,12-17H2,1-2H3,(H,23,26). The zero-order chi connectivity index (χ0) is 18.4. The molecule has 3 rings (SSSR count).